The van der Waals surface area contributed by atoms with Crippen LogP contribution in [0.15, 0.2) is 6.07 Å². The summed E-state index contributed by atoms with van der Waals surface area (Å²) in [5.41, 5.74) is 8.81. The van der Waals surface area contributed by atoms with Crippen LogP contribution >= 0.6 is 0 Å². The Morgan fingerprint density at radius 3 is 2.26 bits per heavy atom. The lowest BCUT2D eigenvalue weighted by Crippen LogP contribution is -2.36. The molecule has 0 aliphatic heterocycles. The van der Waals surface area contributed by atoms with Crippen LogP contribution in [0.2, 0.25) is 0 Å². The molecule has 0 heterocycles. The lowest BCUT2D eigenvalue weighted by molar-refractivity contribution is 0.374. The van der Waals surface area contributed by atoms with Crippen molar-refractivity contribution in [2.24, 2.45) is 5.73 Å². The molecule has 0 saturated carbocycles. The van der Waals surface area contributed by atoms with Gasteiger partial charge in [0.15, 0.2) is 0 Å². The van der Waals surface area contributed by atoms with Crippen molar-refractivity contribution >= 4 is 0 Å². The van der Waals surface area contributed by atoms with Crippen LogP contribution in [0.3, 0.4) is 0 Å². The zero-order chi connectivity index (χ0) is 14.6. The van der Waals surface area contributed by atoms with E-state index in [1.807, 2.05) is 6.92 Å². The molecule has 1 rings (SSSR count). The maximum absolute atomic E-state index is 5.61. The van der Waals surface area contributed by atoms with Crippen LogP contribution in [-0.4, -0.2) is 27.4 Å². The second-order valence-corrected chi connectivity index (χ2v) is 5.42. The molecular formula is C15H26N2O2. The summed E-state index contributed by atoms with van der Waals surface area (Å²) in [7, 11) is 3.41. The largest absolute Gasteiger partial charge is 0.496 e. The van der Waals surface area contributed by atoms with Gasteiger partial charge >= 0.3 is 0 Å². The molecule has 0 unspecified atom stereocenters. The fourth-order valence-corrected chi connectivity index (χ4v) is 2.32. The molecule has 0 spiro atoms. The molecule has 0 aliphatic rings. The molecule has 19 heavy (non-hydrogen) atoms. The fourth-order valence-electron chi connectivity index (χ4n) is 2.32. The minimum atomic E-state index is -0.0869. The third-order valence-corrected chi connectivity index (χ3v) is 3.66. The van der Waals surface area contributed by atoms with E-state index in [0.29, 0.717) is 6.67 Å². The number of methoxy groups -OCH3 is 2. The molecule has 0 saturated heterocycles. The van der Waals surface area contributed by atoms with Crippen LogP contribution in [0, 0.1) is 13.8 Å². The van der Waals surface area contributed by atoms with E-state index in [0.717, 1.165) is 34.7 Å². The van der Waals surface area contributed by atoms with Crippen molar-refractivity contribution in [2.45, 2.75) is 33.1 Å². The lowest BCUT2D eigenvalue weighted by Gasteiger charge is -2.29. The van der Waals surface area contributed by atoms with E-state index in [4.69, 9.17) is 15.2 Å². The van der Waals surface area contributed by atoms with Crippen LogP contribution in [0.5, 0.6) is 11.5 Å². The fraction of sp³-hybridized carbons (Fsp3) is 0.600. The van der Waals surface area contributed by atoms with Crippen LogP contribution in [0.25, 0.3) is 0 Å². The topological polar surface area (TPSA) is 56.5 Å². The van der Waals surface area contributed by atoms with Gasteiger partial charge in [0.2, 0.25) is 0 Å². The Bertz CT molecular complexity index is 442. The average molecular weight is 266 g/mol. The van der Waals surface area contributed by atoms with E-state index < -0.39 is 0 Å². The summed E-state index contributed by atoms with van der Waals surface area (Å²) < 4.78 is 11.1. The van der Waals surface area contributed by atoms with Gasteiger partial charge in [-0.15, -0.1) is 0 Å². The number of hydrogen-bond acceptors (Lipinski definition) is 4. The van der Waals surface area contributed by atoms with E-state index in [1.165, 1.54) is 0 Å². The molecule has 108 valence electrons. The van der Waals surface area contributed by atoms with Gasteiger partial charge in [-0.2, -0.15) is 0 Å². The van der Waals surface area contributed by atoms with Crippen LogP contribution in [0.4, 0.5) is 0 Å². The van der Waals surface area contributed by atoms with Crippen molar-refractivity contribution in [1.82, 2.24) is 5.32 Å². The van der Waals surface area contributed by atoms with Crippen molar-refractivity contribution in [2.75, 3.05) is 27.4 Å². The number of nitrogens with one attached hydrogen (secondary N) is 1. The highest BCUT2D eigenvalue weighted by atomic mass is 16.5. The monoisotopic (exact) mass is 266 g/mol. The highest BCUT2D eigenvalue weighted by Crippen LogP contribution is 2.39. The van der Waals surface area contributed by atoms with E-state index >= 15 is 0 Å². The Labute approximate surface area is 116 Å². The molecule has 0 amide bonds. The standard InChI is InChI=1S/C15H26N2O2/c1-10-11(2)14(19-6)12(7-13(10)18-5)15(3,4)8-17-9-16/h7,17H,8-9,16H2,1-6H3. The normalized spacial score (nSPS) is 11.5. The molecule has 0 atom stereocenters. The first-order chi connectivity index (χ1) is 8.88. The Morgan fingerprint density at radius 2 is 1.79 bits per heavy atom. The van der Waals surface area contributed by atoms with E-state index in [1.54, 1.807) is 14.2 Å². The van der Waals surface area contributed by atoms with Gasteiger partial charge in [0.25, 0.3) is 0 Å². The minimum Gasteiger partial charge on any atom is -0.496 e. The van der Waals surface area contributed by atoms with Gasteiger partial charge in [0.1, 0.15) is 11.5 Å². The lowest BCUT2D eigenvalue weighted by atomic mass is 9.82. The quantitative estimate of drug-likeness (QED) is 0.774. The van der Waals surface area contributed by atoms with Gasteiger partial charge in [0, 0.05) is 24.2 Å². The summed E-state index contributed by atoms with van der Waals surface area (Å²) in [6.45, 7) is 9.70. The molecule has 0 radical (unpaired) electrons. The third-order valence-electron chi connectivity index (χ3n) is 3.66. The molecule has 1 aromatic rings. The first kappa shape index (κ1) is 15.8. The third kappa shape index (κ3) is 3.19. The van der Waals surface area contributed by atoms with Gasteiger partial charge in [-0.1, -0.05) is 13.8 Å². The average Bonchev–Trinajstić information content (AvgIpc) is 2.39. The molecule has 0 fully saturated rings. The van der Waals surface area contributed by atoms with E-state index in [9.17, 15) is 0 Å². The molecular weight excluding hydrogens is 240 g/mol. The molecule has 1 aromatic carbocycles. The summed E-state index contributed by atoms with van der Waals surface area (Å²) in [6.07, 6.45) is 0. The zero-order valence-corrected chi connectivity index (χ0v) is 12.9. The molecule has 0 bridgehead atoms. The first-order valence-electron chi connectivity index (χ1n) is 6.52. The molecule has 0 aliphatic carbocycles. The number of benzene rings is 1. The van der Waals surface area contributed by atoms with Gasteiger partial charge in [-0.05, 0) is 31.0 Å². The van der Waals surface area contributed by atoms with E-state index in [2.05, 4.69) is 32.2 Å². The van der Waals surface area contributed by atoms with Gasteiger partial charge in [-0.3, -0.25) is 0 Å². The van der Waals surface area contributed by atoms with Crippen molar-refractivity contribution in [3.8, 4) is 11.5 Å². The van der Waals surface area contributed by atoms with Crippen LogP contribution in [0.1, 0.15) is 30.5 Å². The predicted molar refractivity (Wildman–Crippen MR) is 79.1 cm³/mol. The maximum atomic E-state index is 5.61. The molecule has 0 aromatic heterocycles. The maximum Gasteiger partial charge on any atom is 0.126 e. The first-order valence-corrected chi connectivity index (χ1v) is 6.52. The van der Waals surface area contributed by atoms with Crippen molar-refractivity contribution in [3.63, 3.8) is 0 Å². The van der Waals surface area contributed by atoms with Crippen LogP contribution < -0.4 is 20.5 Å². The molecule has 4 heteroatoms. The SMILES string of the molecule is COc1cc(C(C)(C)CNCN)c(OC)c(C)c1C. The van der Waals surface area contributed by atoms with E-state index in [-0.39, 0.29) is 5.41 Å². The molecule has 3 N–H and O–H groups in total. The molecule has 4 nitrogen and oxygen atoms in total. The Kier molecular flexibility index (Phi) is 5.20. The summed E-state index contributed by atoms with van der Waals surface area (Å²) >= 11 is 0. The second kappa shape index (κ2) is 6.26. The predicted octanol–water partition coefficient (Wildman–Crippen LogP) is 2.10. The number of nitrogens with two attached hydrogens (primary N) is 1. The summed E-state index contributed by atoms with van der Waals surface area (Å²) in [4.78, 5) is 0. The van der Waals surface area contributed by atoms with Gasteiger partial charge < -0.3 is 20.5 Å². The van der Waals surface area contributed by atoms with Crippen molar-refractivity contribution in [1.29, 1.82) is 0 Å². The zero-order valence-electron chi connectivity index (χ0n) is 12.9. The highest BCUT2D eigenvalue weighted by molar-refractivity contribution is 5.55. The number of hydrogen-bond donors (Lipinski definition) is 2. The van der Waals surface area contributed by atoms with Crippen LogP contribution in [-0.2, 0) is 5.41 Å². The Morgan fingerprint density at radius 1 is 1.16 bits per heavy atom. The highest BCUT2D eigenvalue weighted by Gasteiger charge is 2.27. The van der Waals surface area contributed by atoms with Crippen molar-refractivity contribution < 1.29 is 9.47 Å². The van der Waals surface area contributed by atoms with Gasteiger partial charge in [-0.25, -0.2) is 0 Å². The minimum absolute atomic E-state index is 0.0869. The second-order valence-electron chi connectivity index (χ2n) is 5.42. The Hall–Kier alpha value is -1.26. The van der Waals surface area contributed by atoms with Crippen molar-refractivity contribution in [3.05, 3.63) is 22.8 Å². The number of rotatable bonds is 6. The number of ether oxygens (including phenoxy) is 2. The summed E-state index contributed by atoms with van der Waals surface area (Å²) in [5, 5.41) is 3.19. The smallest absolute Gasteiger partial charge is 0.126 e. The Balaban J connectivity index is 3.36. The summed E-state index contributed by atoms with van der Waals surface area (Å²) in [6, 6.07) is 2.07. The summed E-state index contributed by atoms with van der Waals surface area (Å²) in [5.74, 6) is 1.83. The van der Waals surface area contributed by atoms with Gasteiger partial charge in [0.05, 0.1) is 14.2 Å².